The average Bonchev–Trinajstić information content (AvgIpc) is 3.37. The van der Waals surface area contributed by atoms with Crippen molar-refractivity contribution in [3.8, 4) is 0 Å². The van der Waals surface area contributed by atoms with E-state index >= 15 is 0 Å². The van der Waals surface area contributed by atoms with Gasteiger partial charge in [0, 0.05) is 11.6 Å². The molecule has 1 aromatic carbocycles. The molecule has 1 fully saturated rings. The monoisotopic (exact) mass is 393 g/mol. The molecule has 146 valence electrons. The van der Waals surface area contributed by atoms with Crippen LogP contribution < -0.4 is 10.0 Å². The number of amides is 1. The number of amidine groups is 1. The van der Waals surface area contributed by atoms with Crippen molar-refractivity contribution in [2.75, 3.05) is 0 Å². The van der Waals surface area contributed by atoms with Crippen LogP contribution in [0, 0.1) is 5.92 Å². The lowest BCUT2D eigenvalue weighted by Crippen LogP contribution is -2.40. The summed E-state index contributed by atoms with van der Waals surface area (Å²) in [5.41, 5.74) is 0.412. The number of nitrogens with zero attached hydrogens (tertiary/aromatic N) is 1. The van der Waals surface area contributed by atoms with Gasteiger partial charge in [-0.25, -0.2) is 13.2 Å². The molecule has 2 atom stereocenters. The fourth-order valence-electron chi connectivity index (χ4n) is 2.69. The smallest absolute Gasteiger partial charge is 0.331 e. The maximum atomic E-state index is 12.6. The highest BCUT2D eigenvalue weighted by molar-refractivity contribution is 7.90. The number of hydrogen-bond acceptors (Lipinski definition) is 6. The van der Waals surface area contributed by atoms with Crippen LogP contribution in [0.4, 0.5) is 0 Å². The predicted octanol–water partition coefficient (Wildman–Crippen LogP) is 0.960. The SMILES string of the molecule is CC(C)[C@H](N=C1NS(=O)(=O)c2ccccc21)C(=O)O[C@@H](C)C(=O)NC1CC1. The molecule has 0 saturated heterocycles. The zero-order valence-corrected chi connectivity index (χ0v) is 16.2. The third-order valence-corrected chi connectivity index (χ3v) is 5.79. The third-order valence-electron chi connectivity index (χ3n) is 4.39. The molecular weight excluding hydrogens is 370 g/mol. The third kappa shape index (κ3) is 4.29. The summed E-state index contributed by atoms with van der Waals surface area (Å²) in [7, 11) is -3.69. The Labute approximate surface area is 158 Å². The fourth-order valence-corrected chi connectivity index (χ4v) is 3.93. The molecule has 0 radical (unpaired) electrons. The van der Waals surface area contributed by atoms with Gasteiger partial charge in [0.25, 0.3) is 15.9 Å². The maximum Gasteiger partial charge on any atom is 0.331 e. The predicted molar refractivity (Wildman–Crippen MR) is 98.6 cm³/mol. The summed E-state index contributed by atoms with van der Waals surface area (Å²) < 4.78 is 32.1. The van der Waals surface area contributed by atoms with Crippen molar-refractivity contribution in [1.29, 1.82) is 0 Å². The second kappa shape index (κ2) is 7.30. The van der Waals surface area contributed by atoms with Crippen LogP contribution in [0.1, 0.15) is 39.2 Å². The largest absolute Gasteiger partial charge is 0.451 e. The number of rotatable bonds is 6. The van der Waals surface area contributed by atoms with Crippen molar-refractivity contribution >= 4 is 27.7 Å². The first-order valence-electron chi connectivity index (χ1n) is 8.90. The molecule has 1 saturated carbocycles. The van der Waals surface area contributed by atoms with Crippen LogP contribution in [0.2, 0.25) is 0 Å². The van der Waals surface area contributed by atoms with Crippen LogP contribution in [-0.2, 0) is 24.3 Å². The summed E-state index contributed by atoms with van der Waals surface area (Å²) in [6, 6.07) is 5.65. The van der Waals surface area contributed by atoms with Gasteiger partial charge < -0.3 is 10.1 Å². The highest BCUT2D eigenvalue weighted by atomic mass is 32.2. The standard InChI is InChI=1S/C18H23N3O5S/c1-10(2)15(18(23)26-11(3)17(22)19-12-8-9-12)20-16-13-6-4-5-7-14(13)27(24,25)21-16/h4-7,10-12,15H,8-9H2,1-3H3,(H,19,22)(H,20,21)/t11-,15-/m0/s1. The molecule has 1 aliphatic carbocycles. The Kier molecular flexibility index (Phi) is 5.23. The topological polar surface area (TPSA) is 114 Å². The Balaban J connectivity index is 1.79. The quantitative estimate of drug-likeness (QED) is 0.699. The highest BCUT2D eigenvalue weighted by Gasteiger charge is 2.34. The number of benzene rings is 1. The molecule has 9 heteroatoms. The number of hydrogen-bond donors (Lipinski definition) is 2. The number of carbonyl (C=O) groups is 2. The summed E-state index contributed by atoms with van der Waals surface area (Å²) in [5, 5.41) is 2.78. The zero-order valence-electron chi connectivity index (χ0n) is 15.4. The summed E-state index contributed by atoms with van der Waals surface area (Å²) in [5.74, 6) is -1.15. The first kappa shape index (κ1) is 19.3. The first-order chi connectivity index (χ1) is 12.7. The summed E-state index contributed by atoms with van der Waals surface area (Å²) in [6.45, 7) is 5.06. The molecule has 1 amide bonds. The minimum absolute atomic E-state index is 0.108. The van der Waals surface area contributed by atoms with Crippen molar-refractivity contribution in [3.63, 3.8) is 0 Å². The number of aliphatic imine (C=N–C) groups is 1. The van der Waals surface area contributed by atoms with E-state index in [0.717, 1.165) is 12.8 Å². The van der Waals surface area contributed by atoms with Gasteiger partial charge in [-0.3, -0.25) is 14.5 Å². The molecule has 2 N–H and O–H groups in total. The van der Waals surface area contributed by atoms with E-state index in [2.05, 4.69) is 15.0 Å². The normalized spacial score (nSPS) is 21.3. The first-order valence-corrected chi connectivity index (χ1v) is 10.4. The number of fused-ring (bicyclic) bond motifs is 1. The van der Waals surface area contributed by atoms with Crippen molar-refractivity contribution in [2.45, 2.75) is 56.7 Å². The van der Waals surface area contributed by atoms with Gasteiger partial charge in [-0.05, 0) is 37.8 Å². The zero-order chi connectivity index (χ0) is 19.8. The van der Waals surface area contributed by atoms with E-state index in [4.69, 9.17) is 4.74 Å². The van der Waals surface area contributed by atoms with Gasteiger partial charge in [-0.1, -0.05) is 26.0 Å². The molecule has 1 aliphatic heterocycles. The lowest BCUT2D eigenvalue weighted by atomic mass is 10.0. The van der Waals surface area contributed by atoms with Crippen LogP contribution in [0.3, 0.4) is 0 Å². The average molecular weight is 393 g/mol. The number of carbonyl (C=O) groups excluding carboxylic acids is 2. The molecule has 1 aromatic rings. The molecule has 27 heavy (non-hydrogen) atoms. The second-order valence-electron chi connectivity index (χ2n) is 7.13. The minimum atomic E-state index is -3.69. The van der Waals surface area contributed by atoms with Crippen LogP contribution >= 0.6 is 0 Å². The van der Waals surface area contributed by atoms with E-state index in [1.165, 1.54) is 13.0 Å². The molecule has 2 aliphatic rings. The Morgan fingerprint density at radius 1 is 1.22 bits per heavy atom. The van der Waals surface area contributed by atoms with Gasteiger partial charge in [-0.15, -0.1) is 0 Å². The van der Waals surface area contributed by atoms with Crippen LogP contribution in [0.15, 0.2) is 34.2 Å². The van der Waals surface area contributed by atoms with Crippen molar-refractivity contribution in [1.82, 2.24) is 10.0 Å². The van der Waals surface area contributed by atoms with E-state index in [-0.39, 0.29) is 28.6 Å². The lowest BCUT2D eigenvalue weighted by molar-refractivity contribution is -0.156. The van der Waals surface area contributed by atoms with Gasteiger partial charge in [0.15, 0.2) is 12.1 Å². The summed E-state index contributed by atoms with van der Waals surface area (Å²) in [6.07, 6.45) is 0.940. The second-order valence-corrected chi connectivity index (χ2v) is 8.78. The van der Waals surface area contributed by atoms with Gasteiger partial charge in [0.1, 0.15) is 5.84 Å². The highest BCUT2D eigenvalue weighted by Crippen LogP contribution is 2.24. The Hall–Kier alpha value is -2.42. The Morgan fingerprint density at radius 3 is 2.52 bits per heavy atom. The molecule has 0 unspecified atom stereocenters. The van der Waals surface area contributed by atoms with Gasteiger partial charge in [0.05, 0.1) is 4.90 Å². The molecular formula is C18H23N3O5S. The molecule has 1 heterocycles. The van der Waals surface area contributed by atoms with E-state index in [1.807, 2.05) is 0 Å². The number of sulfonamides is 1. The van der Waals surface area contributed by atoms with E-state index in [9.17, 15) is 18.0 Å². The van der Waals surface area contributed by atoms with Crippen molar-refractivity contribution < 1.29 is 22.7 Å². The minimum Gasteiger partial charge on any atom is -0.451 e. The number of ether oxygens (including phenoxy) is 1. The van der Waals surface area contributed by atoms with Crippen LogP contribution in [-0.4, -0.2) is 44.3 Å². The number of esters is 1. The molecule has 8 nitrogen and oxygen atoms in total. The van der Waals surface area contributed by atoms with E-state index < -0.39 is 28.1 Å². The van der Waals surface area contributed by atoms with E-state index in [0.29, 0.717) is 5.56 Å². The molecule has 0 bridgehead atoms. The Morgan fingerprint density at radius 2 is 1.89 bits per heavy atom. The van der Waals surface area contributed by atoms with Gasteiger partial charge in [-0.2, -0.15) is 0 Å². The summed E-state index contributed by atoms with van der Waals surface area (Å²) in [4.78, 5) is 29.0. The Bertz CT molecular complexity index is 890. The van der Waals surface area contributed by atoms with E-state index in [1.54, 1.807) is 32.0 Å². The maximum absolute atomic E-state index is 12.6. The van der Waals surface area contributed by atoms with Crippen LogP contribution in [0.5, 0.6) is 0 Å². The number of nitrogens with one attached hydrogen (secondary N) is 2. The summed E-state index contributed by atoms with van der Waals surface area (Å²) >= 11 is 0. The van der Waals surface area contributed by atoms with Crippen molar-refractivity contribution in [3.05, 3.63) is 29.8 Å². The van der Waals surface area contributed by atoms with Crippen molar-refractivity contribution in [2.24, 2.45) is 10.9 Å². The lowest BCUT2D eigenvalue weighted by Gasteiger charge is -2.19. The van der Waals surface area contributed by atoms with Gasteiger partial charge in [0.2, 0.25) is 0 Å². The van der Waals surface area contributed by atoms with Crippen LogP contribution in [0.25, 0.3) is 0 Å². The molecule has 3 rings (SSSR count). The molecule has 0 aromatic heterocycles. The fraction of sp³-hybridized carbons (Fsp3) is 0.500. The van der Waals surface area contributed by atoms with Gasteiger partial charge >= 0.3 is 5.97 Å². The molecule has 0 spiro atoms.